The molecule has 0 saturated heterocycles. The minimum atomic E-state index is -0.502. The topological polar surface area (TPSA) is 73.4 Å². The summed E-state index contributed by atoms with van der Waals surface area (Å²) < 4.78 is 0. The van der Waals surface area contributed by atoms with Crippen molar-refractivity contribution in [3.8, 4) is 6.07 Å². The van der Waals surface area contributed by atoms with Crippen LogP contribution < -0.4 is 10.6 Å². The predicted molar refractivity (Wildman–Crippen MR) is 116 cm³/mol. The number of anilines is 1. The maximum atomic E-state index is 12.2. The zero-order valence-electron chi connectivity index (χ0n) is 17.3. The van der Waals surface area contributed by atoms with Gasteiger partial charge < -0.3 is 5.73 Å². The second kappa shape index (κ2) is 9.11. The van der Waals surface area contributed by atoms with E-state index in [1.807, 2.05) is 6.07 Å². The Morgan fingerprint density at radius 3 is 2.34 bits per heavy atom. The highest BCUT2D eigenvalue weighted by molar-refractivity contribution is 5.92. The van der Waals surface area contributed by atoms with Gasteiger partial charge in [-0.1, -0.05) is 49.4 Å². The largest absolute Gasteiger partial charge is 0.351 e. The van der Waals surface area contributed by atoms with Crippen LogP contribution in [0.1, 0.15) is 43.7 Å². The quantitative estimate of drug-likeness (QED) is 0.790. The fourth-order valence-electron chi connectivity index (χ4n) is 4.65. The molecule has 0 radical (unpaired) electrons. The highest BCUT2D eigenvalue weighted by atomic mass is 16.2. The third-order valence-electron chi connectivity index (χ3n) is 6.47. The number of carbonyl (C=O) groups excluding carboxylic acids is 1. The maximum Gasteiger partial charge on any atom is 0.319 e. The van der Waals surface area contributed by atoms with Crippen molar-refractivity contribution in [1.29, 1.82) is 5.26 Å². The van der Waals surface area contributed by atoms with E-state index in [0.717, 1.165) is 32.2 Å². The van der Waals surface area contributed by atoms with E-state index in [1.165, 1.54) is 5.56 Å². The normalized spacial score (nSPS) is 21.5. The molecule has 0 aliphatic heterocycles. The third-order valence-corrected chi connectivity index (χ3v) is 6.47. The number of hydrogen-bond donors (Lipinski definition) is 1. The summed E-state index contributed by atoms with van der Waals surface area (Å²) in [5.74, 6) is 0.358. The molecule has 0 spiro atoms. The van der Waals surface area contributed by atoms with Gasteiger partial charge in [-0.2, -0.15) is 5.26 Å². The Bertz CT molecular complexity index is 866. The maximum absolute atomic E-state index is 12.2. The summed E-state index contributed by atoms with van der Waals surface area (Å²) in [6, 6.07) is 19.6. The van der Waals surface area contributed by atoms with Crippen LogP contribution in [0.25, 0.3) is 0 Å². The molecule has 5 heteroatoms. The van der Waals surface area contributed by atoms with Gasteiger partial charge in [-0.25, -0.2) is 4.79 Å². The van der Waals surface area contributed by atoms with Crippen molar-refractivity contribution < 1.29 is 4.79 Å². The summed E-state index contributed by atoms with van der Waals surface area (Å²) in [6.07, 6.45) is 4.10. The first-order chi connectivity index (χ1) is 14.0. The number of carbonyl (C=O) groups is 1. The van der Waals surface area contributed by atoms with Gasteiger partial charge in [0.25, 0.3) is 0 Å². The summed E-state index contributed by atoms with van der Waals surface area (Å²) in [5, 5.41) is 9.40. The van der Waals surface area contributed by atoms with Crippen LogP contribution in [-0.4, -0.2) is 31.1 Å². The molecule has 152 valence electrons. The molecule has 5 nitrogen and oxygen atoms in total. The Hall–Kier alpha value is -2.84. The van der Waals surface area contributed by atoms with Crippen molar-refractivity contribution in [2.75, 3.05) is 25.0 Å². The Morgan fingerprint density at radius 2 is 1.76 bits per heavy atom. The Labute approximate surface area is 173 Å². The second-order valence-electron chi connectivity index (χ2n) is 7.93. The number of primary amides is 1. The van der Waals surface area contributed by atoms with Gasteiger partial charge in [0.1, 0.15) is 6.07 Å². The average Bonchev–Trinajstić information content (AvgIpc) is 2.77. The Balaban J connectivity index is 1.78. The molecule has 2 aromatic rings. The predicted octanol–water partition coefficient (Wildman–Crippen LogP) is 4.48. The van der Waals surface area contributed by atoms with Crippen LogP contribution in [0, 0.1) is 17.2 Å². The van der Waals surface area contributed by atoms with Crippen molar-refractivity contribution in [3.05, 3.63) is 65.7 Å². The van der Waals surface area contributed by atoms with Crippen LogP contribution in [0.3, 0.4) is 0 Å². The van der Waals surface area contributed by atoms with E-state index in [9.17, 15) is 10.1 Å². The van der Waals surface area contributed by atoms with Gasteiger partial charge in [0.15, 0.2) is 0 Å². The van der Waals surface area contributed by atoms with Gasteiger partial charge in [-0.15, -0.1) is 0 Å². The van der Waals surface area contributed by atoms with E-state index in [4.69, 9.17) is 5.73 Å². The van der Waals surface area contributed by atoms with Crippen molar-refractivity contribution in [2.24, 2.45) is 11.7 Å². The Kier molecular flexibility index (Phi) is 6.56. The first-order valence-electron chi connectivity index (χ1n) is 10.3. The van der Waals surface area contributed by atoms with Gasteiger partial charge in [-0.3, -0.25) is 9.80 Å². The molecular weight excluding hydrogens is 360 g/mol. The third kappa shape index (κ3) is 4.28. The highest BCUT2D eigenvalue weighted by Crippen LogP contribution is 2.44. The van der Waals surface area contributed by atoms with Crippen molar-refractivity contribution in [3.63, 3.8) is 0 Å². The Morgan fingerprint density at radius 1 is 1.14 bits per heavy atom. The van der Waals surface area contributed by atoms with Gasteiger partial charge in [0, 0.05) is 12.1 Å². The fraction of sp³-hybridized carbons (Fsp3) is 0.417. The number of rotatable bonds is 6. The molecule has 1 saturated carbocycles. The number of nitrogens with zero attached hydrogens (tertiary/aromatic N) is 3. The molecule has 29 heavy (non-hydrogen) atoms. The number of hydrogen-bond acceptors (Lipinski definition) is 3. The van der Waals surface area contributed by atoms with E-state index >= 15 is 0 Å². The van der Waals surface area contributed by atoms with Gasteiger partial charge in [0.2, 0.25) is 0 Å². The molecule has 0 unspecified atom stereocenters. The van der Waals surface area contributed by atoms with Crippen LogP contribution >= 0.6 is 0 Å². The summed E-state index contributed by atoms with van der Waals surface area (Å²) >= 11 is 0. The molecule has 2 amide bonds. The minimum Gasteiger partial charge on any atom is -0.351 e. The van der Waals surface area contributed by atoms with Crippen LogP contribution in [-0.2, 0) is 5.54 Å². The molecule has 3 rings (SSSR count). The second-order valence-corrected chi connectivity index (χ2v) is 7.93. The van der Waals surface area contributed by atoms with Crippen LogP contribution in [0.2, 0.25) is 0 Å². The van der Waals surface area contributed by atoms with Gasteiger partial charge in [0.05, 0.1) is 11.3 Å². The zero-order chi connectivity index (χ0) is 20.9. The first-order valence-corrected chi connectivity index (χ1v) is 10.3. The lowest BCUT2D eigenvalue weighted by molar-refractivity contribution is 0.0606. The number of amides is 2. The summed E-state index contributed by atoms with van der Waals surface area (Å²) in [7, 11) is 2.20. The molecule has 0 bridgehead atoms. The van der Waals surface area contributed by atoms with Crippen LogP contribution in [0.15, 0.2) is 54.6 Å². The van der Waals surface area contributed by atoms with Crippen molar-refractivity contribution >= 4 is 11.7 Å². The van der Waals surface area contributed by atoms with Crippen molar-refractivity contribution in [1.82, 2.24) is 4.90 Å². The fourth-order valence-corrected chi connectivity index (χ4v) is 4.65. The lowest BCUT2D eigenvalue weighted by atomic mass is 9.71. The van der Waals surface area contributed by atoms with E-state index in [0.29, 0.717) is 23.7 Å². The zero-order valence-corrected chi connectivity index (χ0v) is 17.3. The number of para-hydroxylation sites is 1. The van der Waals surface area contributed by atoms with Gasteiger partial charge in [-0.05, 0) is 62.9 Å². The van der Waals surface area contributed by atoms with Crippen molar-refractivity contribution in [2.45, 2.75) is 38.1 Å². The van der Waals surface area contributed by atoms with E-state index in [-0.39, 0.29) is 5.54 Å². The molecule has 2 N–H and O–H groups in total. The smallest absolute Gasteiger partial charge is 0.319 e. The molecule has 0 heterocycles. The lowest BCUT2D eigenvalue weighted by Crippen LogP contribution is -2.48. The average molecular weight is 391 g/mol. The van der Waals surface area contributed by atoms with E-state index < -0.39 is 6.03 Å². The number of benzene rings is 2. The molecule has 1 fully saturated rings. The molecule has 1 aliphatic rings. The number of urea groups is 1. The van der Waals surface area contributed by atoms with E-state index in [1.54, 1.807) is 23.1 Å². The van der Waals surface area contributed by atoms with E-state index in [2.05, 4.69) is 55.3 Å². The van der Waals surface area contributed by atoms with Crippen LogP contribution in [0.5, 0.6) is 0 Å². The lowest BCUT2D eigenvalue weighted by Gasteiger charge is -2.47. The first kappa shape index (κ1) is 20.9. The monoisotopic (exact) mass is 390 g/mol. The van der Waals surface area contributed by atoms with Crippen LogP contribution in [0.4, 0.5) is 10.5 Å². The SMILES string of the molecule is CCN(C)C1(c2ccccc2)CCC(CN(C(N)=O)c2ccccc2C#N)CC1. The highest BCUT2D eigenvalue weighted by Gasteiger charge is 2.40. The molecule has 2 aromatic carbocycles. The molecule has 1 aliphatic carbocycles. The number of nitrogens with two attached hydrogens (primary N) is 1. The summed E-state index contributed by atoms with van der Waals surface area (Å²) in [4.78, 5) is 16.2. The summed E-state index contributed by atoms with van der Waals surface area (Å²) in [6.45, 7) is 3.74. The molecule has 0 atom stereocenters. The molecule has 0 aromatic heterocycles. The minimum absolute atomic E-state index is 0.0363. The number of nitriles is 1. The standard InChI is InChI=1S/C24H30N4O/c1-3-27(2)24(21-10-5-4-6-11-21)15-13-19(14-16-24)18-28(23(26)29)22-12-8-7-9-20(22)17-25/h4-12,19H,3,13-16,18H2,1-2H3,(H2,26,29). The van der Waals surface area contributed by atoms with Gasteiger partial charge >= 0.3 is 6.03 Å². The molecular formula is C24H30N4O. The summed E-state index contributed by atoms with van der Waals surface area (Å²) in [5.41, 5.74) is 8.18.